The van der Waals surface area contributed by atoms with E-state index in [1.165, 1.54) is 0 Å². The maximum absolute atomic E-state index is 12.8. The number of rotatable bonds is 2. The van der Waals surface area contributed by atoms with Crippen LogP contribution in [0.5, 0.6) is 0 Å². The van der Waals surface area contributed by atoms with Crippen LogP contribution < -0.4 is 0 Å². The van der Waals surface area contributed by atoms with Crippen molar-refractivity contribution in [1.82, 2.24) is 9.80 Å². The summed E-state index contributed by atoms with van der Waals surface area (Å²) in [7, 11) is -0.977. The predicted molar refractivity (Wildman–Crippen MR) is 85.2 cm³/mol. The number of hydrogen-bond acceptors (Lipinski definition) is 4. The van der Waals surface area contributed by atoms with Crippen LogP contribution in [0.4, 0.5) is 0 Å². The monoisotopic (exact) mass is 322 g/mol. The van der Waals surface area contributed by atoms with Gasteiger partial charge in [0.2, 0.25) is 5.91 Å². The van der Waals surface area contributed by atoms with Gasteiger partial charge in [-0.2, -0.15) is 0 Å². The van der Waals surface area contributed by atoms with Crippen LogP contribution in [-0.2, 0) is 14.6 Å². The Kier molecular flexibility index (Phi) is 4.23. The molecule has 6 heteroatoms. The molecule has 22 heavy (non-hydrogen) atoms. The lowest BCUT2D eigenvalue weighted by Crippen LogP contribution is -2.51. The molecule has 2 heterocycles. The smallest absolute Gasteiger partial charge is 0.227 e. The predicted octanol–water partition coefficient (Wildman–Crippen LogP) is 0.936. The van der Waals surface area contributed by atoms with E-state index in [1.807, 2.05) is 35.2 Å². The molecule has 2 aliphatic heterocycles. The number of nitrogens with zero attached hydrogens (tertiary/aromatic N) is 2. The summed E-state index contributed by atoms with van der Waals surface area (Å²) in [5.74, 6) is -0.199. The largest absolute Gasteiger partial charge is 0.333 e. The van der Waals surface area contributed by atoms with E-state index in [-0.39, 0.29) is 29.4 Å². The number of hydrogen-bond donors (Lipinski definition) is 0. The van der Waals surface area contributed by atoms with Crippen molar-refractivity contribution < 1.29 is 13.2 Å². The standard InChI is InChI=1S/C16H22N2O3S/c1-17-8-9-18(15(11-17)13-5-3-2-4-6-13)16(19)14-7-10-22(20,21)12-14/h2-6,14-15H,7-12H2,1H3. The minimum absolute atomic E-state index is 0.00280. The molecule has 5 nitrogen and oxygen atoms in total. The number of carbonyl (C=O) groups is 1. The first-order valence-electron chi connectivity index (χ1n) is 7.71. The zero-order chi connectivity index (χ0) is 15.7. The van der Waals surface area contributed by atoms with E-state index in [4.69, 9.17) is 0 Å². The van der Waals surface area contributed by atoms with Crippen LogP contribution in [0.15, 0.2) is 30.3 Å². The van der Waals surface area contributed by atoms with E-state index >= 15 is 0 Å². The van der Waals surface area contributed by atoms with Crippen molar-refractivity contribution >= 4 is 15.7 Å². The lowest BCUT2D eigenvalue weighted by molar-refractivity contribution is -0.139. The van der Waals surface area contributed by atoms with Crippen LogP contribution in [0, 0.1) is 5.92 Å². The van der Waals surface area contributed by atoms with E-state index < -0.39 is 9.84 Å². The third-order valence-electron chi connectivity index (χ3n) is 4.63. The summed E-state index contributed by atoms with van der Waals surface area (Å²) in [5, 5.41) is 0. The van der Waals surface area contributed by atoms with Gasteiger partial charge in [0.25, 0.3) is 0 Å². The normalized spacial score (nSPS) is 28.7. The molecule has 0 spiro atoms. The fourth-order valence-corrected chi connectivity index (χ4v) is 5.10. The summed E-state index contributed by atoms with van der Waals surface area (Å²) in [6.07, 6.45) is 0.467. The summed E-state index contributed by atoms with van der Waals surface area (Å²) in [6, 6.07) is 10.0. The Balaban J connectivity index is 1.82. The molecule has 0 aromatic heterocycles. The van der Waals surface area contributed by atoms with Gasteiger partial charge in [-0.15, -0.1) is 0 Å². The van der Waals surface area contributed by atoms with Crippen LogP contribution >= 0.6 is 0 Å². The first-order chi connectivity index (χ1) is 10.5. The van der Waals surface area contributed by atoms with Crippen molar-refractivity contribution in [3.8, 4) is 0 Å². The zero-order valence-corrected chi connectivity index (χ0v) is 13.6. The summed E-state index contributed by atoms with van der Waals surface area (Å²) < 4.78 is 23.3. The number of amides is 1. The third-order valence-corrected chi connectivity index (χ3v) is 6.40. The van der Waals surface area contributed by atoms with Crippen LogP contribution in [-0.4, -0.2) is 62.3 Å². The second kappa shape index (κ2) is 6.01. The van der Waals surface area contributed by atoms with E-state index in [0.717, 1.165) is 18.7 Å². The molecule has 0 radical (unpaired) electrons. The van der Waals surface area contributed by atoms with Gasteiger partial charge in [-0.1, -0.05) is 30.3 Å². The molecular weight excluding hydrogens is 300 g/mol. The molecule has 2 saturated heterocycles. The molecular formula is C16H22N2O3S. The molecule has 1 amide bonds. The van der Waals surface area contributed by atoms with Gasteiger partial charge < -0.3 is 9.80 Å². The zero-order valence-electron chi connectivity index (χ0n) is 12.8. The van der Waals surface area contributed by atoms with Crippen LogP contribution in [0.25, 0.3) is 0 Å². The maximum Gasteiger partial charge on any atom is 0.227 e. The summed E-state index contributed by atoms with van der Waals surface area (Å²) in [6.45, 7) is 2.27. The summed E-state index contributed by atoms with van der Waals surface area (Å²) >= 11 is 0. The van der Waals surface area contributed by atoms with Gasteiger partial charge in [-0.05, 0) is 19.0 Å². The number of carbonyl (C=O) groups excluding carboxylic acids is 1. The topological polar surface area (TPSA) is 57.7 Å². The lowest BCUT2D eigenvalue weighted by atomic mass is 9.99. The van der Waals surface area contributed by atoms with Crippen LogP contribution in [0.1, 0.15) is 18.0 Å². The van der Waals surface area contributed by atoms with Crippen LogP contribution in [0.3, 0.4) is 0 Å². The van der Waals surface area contributed by atoms with Crippen molar-refractivity contribution in [3.63, 3.8) is 0 Å². The van der Waals surface area contributed by atoms with E-state index in [1.54, 1.807) is 0 Å². The Morgan fingerprint density at radius 3 is 2.55 bits per heavy atom. The molecule has 0 aliphatic carbocycles. The van der Waals surface area contributed by atoms with Crippen molar-refractivity contribution in [2.45, 2.75) is 12.5 Å². The Bertz CT molecular complexity index is 645. The Hall–Kier alpha value is -1.40. The fourth-order valence-electron chi connectivity index (χ4n) is 3.37. The number of benzene rings is 1. The first kappa shape index (κ1) is 15.5. The molecule has 0 bridgehead atoms. The molecule has 2 aliphatic rings. The molecule has 120 valence electrons. The quantitative estimate of drug-likeness (QED) is 0.813. The van der Waals surface area contributed by atoms with E-state index in [9.17, 15) is 13.2 Å². The van der Waals surface area contributed by atoms with Crippen molar-refractivity contribution in [3.05, 3.63) is 35.9 Å². The minimum Gasteiger partial charge on any atom is -0.333 e. The molecule has 3 rings (SSSR count). The van der Waals surface area contributed by atoms with Gasteiger partial charge in [0.05, 0.1) is 23.5 Å². The van der Waals surface area contributed by atoms with Gasteiger partial charge in [0.1, 0.15) is 0 Å². The lowest BCUT2D eigenvalue weighted by Gasteiger charge is -2.41. The van der Waals surface area contributed by atoms with Gasteiger partial charge in [0, 0.05) is 19.6 Å². The Labute approximate surface area is 131 Å². The van der Waals surface area contributed by atoms with E-state index in [2.05, 4.69) is 11.9 Å². The van der Waals surface area contributed by atoms with Gasteiger partial charge >= 0.3 is 0 Å². The maximum atomic E-state index is 12.8. The Morgan fingerprint density at radius 1 is 1.18 bits per heavy atom. The van der Waals surface area contributed by atoms with Gasteiger partial charge in [0.15, 0.2) is 9.84 Å². The molecule has 2 atom stereocenters. The Morgan fingerprint density at radius 2 is 1.91 bits per heavy atom. The average molecular weight is 322 g/mol. The summed E-state index contributed by atoms with van der Waals surface area (Å²) in [5.41, 5.74) is 1.11. The highest BCUT2D eigenvalue weighted by Gasteiger charge is 2.39. The van der Waals surface area contributed by atoms with Crippen LogP contribution in [0.2, 0.25) is 0 Å². The molecule has 1 aromatic rings. The number of likely N-dealkylation sites (N-methyl/N-ethyl adjacent to an activating group) is 1. The number of piperazine rings is 1. The molecule has 2 fully saturated rings. The molecule has 2 unspecified atom stereocenters. The van der Waals surface area contributed by atoms with Gasteiger partial charge in [-0.25, -0.2) is 8.42 Å². The summed E-state index contributed by atoms with van der Waals surface area (Å²) in [4.78, 5) is 16.9. The molecule has 0 saturated carbocycles. The SMILES string of the molecule is CN1CCN(C(=O)C2CCS(=O)(=O)C2)C(c2ccccc2)C1. The second-order valence-electron chi connectivity index (χ2n) is 6.32. The highest BCUT2D eigenvalue weighted by Crippen LogP contribution is 2.29. The number of sulfone groups is 1. The molecule has 1 aromatic carbocycles. The first-order valence-corrected chi connectivity index (χ1v) is 9.53. The average Bonchev–Trinajstić information content (AvgIpc) is 2.87. The fraction of sp³-hybridized carbons (Fsp3) is 0.562. The highest BCUT2D eigenvalue weighted by molar-refractivity contribution is 7.91. The van der Waals surface area contributed by atoms with E-state index in [0.29, 0.717) is 13.0 Å². The molecule has 0 N–H and O–H groups in total. The minimum atomic E-state index is -3.03. The second-order valence-corrected chi connectivity index (χ2v) is 8.55. The van der Waals surface area contributed by atoms with Gasteiger partial charge in [-0.3, -0.25) is 4.79 Å². The van der Waals surface area contributed by atoms with Crippen molar-refractivity contribution in [2.24, 2.45) is 5.92 Å². The van der Waals surface area contributed by atoms with Crippen molar-refractivity contribution in [1.29, 1.82) is 0 Å². The van der Waals surface area contributed by atoms with Crippen molar-refractivity contribution in [2.75, 3.05) is 38.2 Å². The highest BCUT2D eigenvalue weighted by atomic mass is 32.2. The third kappa shape index (κ3) is 3.17.